The van der Waals surface area contributed by atoms with Crippen LogP contribution >= 0.6 is 11.8 Å². The van der Waals surface area contributed by atoms with E-state index in [1.165, 1.54) is 11.8 Å². The molecule has 2 amide bonds. The maximum Gasteiger partial charge on any atom is 0.316 e. The lowest BCUT2D eigenvalue weighted by molar-refractivity contribution is -0.153. The molecule has 7 nitrogen and oxygen atoms in total. The number of nitrogens with zero attached hydrogens (tertiary/aromatic N) is 3. The summed E-state index contributed by atoms with van der Waals surface area (Å²) in [7, 11) is 0. The first-order chi connectivity index (χ1) is 13.0. The lowest BCUT2D eigenvalue weighted by atomic mass is 10.3. The van der Waals surface area contributed by atoms with E-state index in [9.17, 15) is 14.4 Å². The Hall–Kier alpha value is -2.61. The number of rotatable bonds is 6. The average molecular weight is 387 g/mol. The second-order valence-corrected chi connectivity index (χ2v) is 7.22. The largest absolute Gasteiger partial charge is 0.455 e. The van der Waals surface area contributed by atoms with Crippen LogP contribution in [0.1, 0.15) is 24.2 Å². The topological polar surface area (TPSA) is 81.5 Å². The van der Waals surface area contributed by atoms with E-state index in [0.29, 0.717) is 19.4 Å². The number of benzene rings is 1. The molecule has 1 aromatic carbocycles. The molecule has 1 saturated heterocycles. The fourth-order valence-corrected chi connectivity index (χ4v) is 3.85. The fourth-order valence-electron chi connectivity index (χ4n) is 2.96. The maximum atomic E-state index is 12.0. The summed E-state index contributed by atoms with van der Waals surface area (Å²) < 4.78 is 6.87. The third-order valence-corrected chi connectivity index (χ3v) is 5.55. The lowest BCUT2D eigenvalue weighted by Crippen LogP contribution is -2.35. The number of carbonyl (C=O) groups excluding carboxylic acids is 3. The molecule has 142 valence electrons. The van der Waals surface area contributed by atoms with Gasteiger partial charge >= 0.3 is 5.97 Å². The van der Waals surface area contributed by atoms with Crippen LogP contribution in [0.5, 0.6) is 0 Å². The van der Waals surface area contributed by atoms with Crippen LogP contribution < -0.4 is 0 Å². The lowest BCUT2D eigenvalue weighted by Gasteiger charge is -2.13. The van der Waals surface area contributed by atoms with Gasteiger partial charge in [-0.1, -0.05) is 18.2 Å². The van der Waals surface area contributed by atoms with Crippen LogP contribution in [0.3, 0.4) is 0 Å². The van der Waals surface area contributed by atoms with Crippen molar-refractivity contribution in [2.45, 2.75) is 31.6 Å². The van der Waals surface area contributed by atoms with Gasteiger partial charge in [-0.25, -0.2) is 4.68 Å². The Labute approximate surface area is 161 Å². The van der Waals surface area contributed by atoms with E-state index in [1.807, 2.05) is 48.9 Å². The zero-order valence-electron chi connectivity index (χ0n) is 15.3. The molecule has 2 aromatic rings. The number of imide groups is 1. The molecule has 2 heterocycles. The molecule has 0 spiro atoms. The second kappa shape index (κ2) is 8.39. The highest BCUT2D eigenvalue weighted by Gasteiger charge is 2.27. The van der Waals surface area contributed by atoms with Gasteiger partial charge in [-0.3, -0.25) is 19.3 Å². The number of hydrogen-bond donors (Lipinski definition) is 0. The van der Waals surface area contributed by atoms with Crippen molar-refractivity contribution >= 4 is 29.5 Å². The van der Waals surface area contributed by atoms with Crippen LogP contribution in [0.15, 0.2) is 35.2 Å². The predicted octanol–water partition coefficient (Wildman–Crippen LogP) is 2.27. The maximum absolute atomic E-state index is 12.0. The van der Waals surface area contributed by atoms with Crippen molar-refractivity contribution in [2.75, 3.05) is 18.9 Å². The number of amides is 2. The molecule has 0 unspecified atom stereocenters. The van der Waals surface area contributed by atoms with Gasteiger partial charge < -0.3 is 4.74 Å². The summed E-state index contributed by atoms with van der Waals surface area (Å²) in [5.41, 5.74) is 2.72. The summed E-state index contributed by atoms with van der Waals surface area (Å²) >= 11 is 1.33. The van der Waals surface area contributed by atoms with Crippen LogP contribution in [0.2, 0.25) is 0 Å². The predicted molar refractivity (Wildman–Crippen MR) is 101 cm³/mol. The minimum atomic E-state index is -0.494. The molecule has 0 atom stereocenters. The van der Waals surface area contributed by atoms with E-state index >= 15 is 0 Å². The molecule has 1 aliphatic rings. The van der Waals surface area contributed by atoms with Gasteiger partial charge in [0, 0.05) is 13.0 Å². The second-order valence-electron chi connectivity index (χ2n) is 6.24. The van der Waals surface area contributed by atoms with Gasteiger partial charge in [0.25, 0.3) is 5.91 Å². The Balaban J connectivity index is 1.55. The zero-order valence-corrected chi connectivity index (χ0v) is 16.1. The molecular weight excluding hydrogens is 366 g/mol. The quantitative estimate of drug-likeness (QED) is 0.559. The van der Waals surface area contributed by atoms with E-state index < -0.39 is 18.5 Å². The van der Waals surface area contributed by atoms with E-state index in [2.05, 4.69) is 5.10 Å². The Morgan fingerprint density at radius 1 is 1.22 bits per heavy atom. The number of para-hydroxylation sites is 1. The zero-order chi connectivity index (χ0) is 19.4. The van der Waals surface area contributed by atoms with Gasteiger partial charge in [0.1, 0.15) is 0 Å². The van der Waals surface area contributed by atoms with Crippen molar-refractivity contribution in [3.8, 4) is 5.69 Å². The van der Waals surface area contributed by atoms with Crippen LogP contribution in [-0.4, -0.2) is 51.4 Å². The van der Waals surface area contributed by atoms with Crippen molar-refractivity contribution in [2.24, 2.45) is 0 Å². The molecule has 0 bridgehead atoms. The number of thioether (sulfide) groups is 1. The number of aromatic nitrogens is 2. The summed E-state index contributed by atoms with van der Waals surface area (Å²) in [4.78, 5) is 37.5. The van der Waals surface area contributed by atoms with Gasteiger partial charge in [-0.05, 0) is 32.4 Å². The molecule has 1 aromatic heterocycles. The molecule has 3 rings (SSSR count). The summed E-state index contributed by atoms with van der Waals surface area (Å²) in [5, 5.41) is 4.54. The third kappa shape index (κ3) is 4.39. The van der Waals surface area contributed by atoms with Gasteiger partial charge in [-0.15, -0.1) is 11.8 Å². The number of hydrogen-bond acceptors (Lipinski definition) is 6. The molecule has 0 N–H and O–H groups in total. The summed E-state index contributed by atoms with van der Waals surface area (Å²) in [6.07, 6.45) is 1.04. The van der Waals surface area contributed by atoms with Crippen LogP contribution in [0, 0.1) is 13.8 Å². The Bertz CT molecular complexity index is 863. The van der Waals surface area contributed by atoms with Crippen molar-refractivity contribution < 1.29 is 19.1 Å². The van der Waals surface area contributed by atoms with Crippen molar-refractivity contribution in [3.05, 3.63) is 41.7 Å². The molecule has 0 radical (unpaired) electrons. The van der Waals surface area contributed by atoms with Gasteiger partial charge in [0.2, 0.25) is 5.91 Å². The molecule has 27 heavy (non-hydrogen) atoms. The average Bonchev–Trinajstić information content (AvgIpc) is 3.22. The normalized spacial score (nSPS) is 13.9. The highest BCUT2D eigenvalue weighted by Crippen LogP contribution is 2.28. The van der Waals surface area contributed by atoms with Crippen LogP contribution in [0.25, 0.3) is 5.69 Å². The number of esters is 1. The Morgan fingerprint density at radius 2 is 1.96 bits per heavy atom. The first-order valence-electron chi connectivity index (χ1n) is 8.70. The van der Waals surface area contributed by atoms with Crippen molar-refractivity contribution in [1.29, 1.82) is 0 Å². The molecule has 0 saturated carbocycles. The van der Waals surface area contributed by atoms with E-state index in [4.69, 9.17) is 4.74 Å². The van der Waals surface area contributed by atoms with Crippen LogP contribution in [0.4, 0.5) is 0 Å². The molecule has 0 aliphatic carbocycles. The standard InChI is InChI=1S/C19H21N3O4S/c1-13-19(14(2)22(20-13)15-7-4-3-5-8-15)27-12-18(25)26-11-17(24)21-10-6-9-16(21)23/h3-5,7-8H,6,9-12H2,1-2H3. The van der Waals surface area contributed by atoms with E-state index in [1.54, 1.807) is 0 Å². The summed E-state index contributed by atoms with van der Waals surface area (Å²) in [6, 6.07) is 9.76. The number of aryl methyl sites for hydroxylation is 1. The van der Waals surface area contributed by atoms with Crippen molar-refractivity contribution in [1.82, 2.24) is 14.7 Å². The Morgan fingerprint density at radius 3 is 2.63 bits per heavy atom. The van der Waals surface area contributed by atoms with Gasteiger partial charge in [-0.2, -0.15) is 5.10 Å². The van der Waals surface area contributed by atoms with Gasteiger partial charge in [0.15, 0.2) is 6.61 Å². The minimum absolute atomic E-state index is 0.0728. The SMILES string of the molecule is Cc1nn(-c2ccccc2)c(C)c1SCC(=O)OCC(=O)N1CCCC1=O. The highest BCUT2D eigenvalue weighted by atomic mass is 32.2. The van der Waals surface area contributed by atoms with Crippen LogP contribution in [-0.2, 0) is 19.1 Å². The number of ether oxygens (including phenoxy) is 1. The molecule has 1 aliphatic heterocycles. The van der Waals surface area contributed by atoms with Gasteiger partial charge in [0.05, 0.1) is 27.7 Å². The summed E-state index contributed by atoms with van der Waals surface area (Å²) in [6.45, 7) is 3.85. The van der Waals surface area contributed by atoms with Crippen molar-refractivity contribution in [3.63, 3.8) is 0 Å². The number of carbonyl (C=O) groups is 3. The summed E-state index contributed by atoms with van der Waals surface area (Å²) in [5.74, 6) is -1.08. The fraction of sp³-hybridized carbons (Fsp3) is 0.368. The van der Waals surface area contributed by atoms with E-state index in [-0.39, 0.29) is 11.7 Å². The number of likely N-dealkylation sites (tertiary alicyclic amines) is 1. The third-order valence-electron chi connectivity index (χ3n) is 4.29. The Kier molecular flexibility index (Phi) is 5.95. The first kappa shape index (κ1) is 19.2. The highest BCUT2D eigenvalue weighted by molar-refractivity contribution is 8.00. The molecular formula is C19H21N3O4S. The van der Waals surface area contributed by atoms with E-state index in [0.717, 1.165) is 26.9 Å². The molecule has 8 heteroatoms. The molecule has 1 fully saturated rings. The smallest absolute Gasteiger partial charge is 0.316 e. The minimum Gasteiger partial charge on any atom is -0.455 e. The first-order valence-corrected chi connectivity index (χ1v) is 9.69. The monoisotopic (exact) mass is 387 g/mol.